The molecule has 0 aliphatic heterocycles. The van der Waals surface area contributed by atoms with Crippen molar-refractivity contribution in [3.05, 3.63) is 38.8 Å². The van der Waals surface area contributed by atoms with Crippen LogP contribution < -0.4 is 5.32 Å². The molecular formula is C16H25N3S. The molecule has 20 heavy (non-hydrogen) atoms. The van der Waals surface area contributed by atoms with Crippen molar-refractivity contribution < 1.29 is 0 Å². The van der Waals surface area contributed by atoms with Gasteiger partial charge in [-0.3, -0.25) is 4.68 Å². The lowest BCUT2D eigenvalue weighted by Gasteiger charge is -2.23. The lowest BCUT2D eigenvalue weighted by Crippen LogP contribution is -2.25. The highest BCUT2D eigenvalue weighted by atomic mass is 32.1. The topological polar surface area (TPSA) is 29.9 Å². The van der Waals surface area contributed by atoms with E-state index in [0.29, 0.717) is 12.1 Å². The molecule has 0 aromatic carbocycles. The fourth-order valence-corrected chi connectivity index (χ4v) is 3.85. The third-order valence-electron chi connectivity index (χ3n) is 4.07. The molecule has 3 nitrogen and oxygen atoms in total. The Labute approximate surface area is 126 Å². The maximum absolute atomic E-state index is 4.55. The van der Waals surface area contributed by atoms with Crippen LogP contribution in [0.4, 0.5) is 0 Å². The van der Waals surface area contributed by atoms with E-state index < -0.39 is 0 Å². The van der Waals surface area contributed by atoms with E-state index in [-0.39, 0.29) is 0 Å². The Morgan fingerprint density at radius 1 is 1.35 bits per heavy atom. The van der Waals surface area contributed by atoms with Gasteiger partial charge < -0.3 is 5.32 Å². The fourth-order valence-electron chi connectivity index (χ4n) is 2.91. The molecular weight excluding hydrogens is 266 g/mol. The van der Waals surface area contributed by atoms with Gasteiger partial charge in [-0.1, -0.05) is 6.92 Å². The average molecular weight is 291 g/mol. The van der Waals surface area contributed by atoms with Crippen molar-refractivity contribution in [2.45, 2.75) is 53.1 Å². The van der Waals surface area contributed by atoms with Crippen LogP contribution in [0.3, 0.4) is 0 Å². The summed E-state index contributed by atoms with van der Waals surface area (Å²) in [5, 5.41) is 10.5. The van der Waals surface area contributed by atoms with Crippen molar-refractivity contribution in [2.24, 2.45) is 7.05 Å². The van der Waals surface area contributed by atoms with Crippen LogP contribution in [-0.4, -0.2) is 9.78 Å². The largest absolute Gasteiger partial charge is 0.302 e. The minimum Gasteiger partial charge on any atom is -0.302 e. The predicted molar refractivity (Wildman–Crippen MR) is 86.3 cm³/mol. The number of nitrogens with zero attached hydrogens (tertiary/aromatic N) is 2. The second-order valence-electron chi connectivity index (χ2n) is 5.53. The van der Waals surface area contributed by atoms with Gasteiger partial charge in [0.2, 0.25) is 0 Å². The first-order valence-electron chi connectivity index (χ1n) is 7.25. The van der Waals surface area contributed by atoms with Crippen LogP contribution in [0.25, 0.3) is 0 Å². The molecule has 1 N–H and O–H groups in total. The first kappa shape index (κ1) is 15.3. The van der Waals surface area contributed by atoms with E-state index in [1.165, 1.54) is 21.7 Å². The minimum atomic E-state index is 0.361. The van der Waals surface area contributed by atoms with Crippen LogP contribution >= 0.6 is 11.3 Å². The van der Waals surface area contributed by atoms with Gasteiger partial charge in [0.25, 0.3) is 0 Å². The monoisotopic (exact) mass is 291 g/mol. The van der Waals surface area contributed by atoms with Gasteiger partial charge in [0, 0.05) is 35.3 Å². The molecule has 0 bridgehead atoms. The molecule has 0 saturated heterocycles. The summed E-state index contributed by atoms with van der Waals surface area (Å²) in [7, 11) is 2.02. The van der Waals surface area contributed by atoms with E-state index in [9.17, 15) is 0 Å². The molecule has 0 radical (unpaired) electrons. The third-order valence-corrected chi connectivity index (χ3v) is 5.27. The molecule has 0 amide bonds. The maximum Gasteiger partial charge on any atom is 0.0644 e. The second kappa shape index (κ2) is 6.10. The summed E-state index contributed by atoms with van der Waals surface area (Å²) >= 11 is 1.84. The van der Waals surface area contributed by atoms with Crippen molar-refractivity contribution in [1.29, 1.82) is 0 Å². The summed E-state index contributed by atoms with van der Waals surface area (Å²) in [4.78, 5) is 1.43. The normalized spacial score (nSPS) is 14.5. The van der Waals surface area contributed by atoms with Gasteiger partial charge >= 0.3 is 0 Å². The highest BCUT2D eigenvalue weighted by Crippen LogP contribution is 2.29. The summed E-state index contributed by atoms with van der Waals surface area (Å²) in [6.45, 7) is 10.9. The Hall–Kier alpha value is -1.13. The number of aromatic nitrogens is 2. The number of rotatable bonds is 5. The van der Waals surface area contributed by atoms with E-state index in [2.05, 4.69) is 56.5 Å². The molecule has 2 rings (SSSR count). The Bertz CT molecular complexity index is 583. The predicted octanol–water partition coefficient (Wildman–Crippen LogP) is 4.21. The highest BCUT2D eigenvalue weighted by Gasteiger charge is 2.21. The molecule has 2 aromatic heterocycles. The Balaban J connectivity index is 2.23. The molecule has 110 valence electrons. The van der Waals surface area contributed by atoms with Crippen LogP contribution in [0, 0.1) is 20.8 Å². The molecule has 2 atom stereocenters. The van der Waals surface area contributed by atoms with E-state index >= 15 is 0 Å². The van der Waals surface area contributed by atoms with Crippen molar-refractivity contribution in [1.82, 2.24) is 15.1 Å². The molecule has 0 fully saturated rings. The number of hydrogen-bond acceptors (Lipinski definition) is 3. The number of aryl methyl sites for hydroxylation is 3. The van der Waals surface area contributed by atoms with E-state index in [1.807, 2.05) is 23.1 Å². The van der Waals surface area contributed by atoms with E-state index in [0.717, 1.165) is 12.1 Å². The summed E-state index contributed by atoms with van der Waals surface area (Å²) in [6, 6.07) is 2.93. The highest BCUT2D eigenvalue weighted by molar-refractivity contribution is 7.10. The standard InChI is InChI=1S/C16H25N3S/c1-7-14(15-11(3)18-19(6)13(15)5)17-12(4)16-10(2)8-9-20-16/h8-9,12,14,17H,7H2,1-6H3/t12-,14+/m1/s1. The van der Waals surface area contributed by atoms with E-state index in [1.54, 1.807) is 0 Å². The van der Waals surface area contributed by atoms with Crippen LogP contribution in [0.1, 0.15) is 59.7 Å². The molecule has 0 spiro atoms. The van der Waals surface area contributed by atoms with Gasteiger partial charge in [-0.15, -0.1) is 11.3 Å². The van der Waals surface area contributed by atoms with Crippen molar-refractivity contribution >= 4 is 11.3 Å². The lowest BCUT2D eigenvalue weighted by molar-refractivity contribution is 0.456. The van der Waals surface area contributed by atoms with Crippen molar-refractivity contribution in [3.63, 3.8) is 0 Å². The van der Waals surface area contributed by atoms with Crippen LogP contribution in [0.2, 0.25) is 0 Å². The van der Waals surface area contributed by atoms with Gasteiger partial charge in [0.15, 0.2) is 0 Å². The second-order valence-corrected chi connectivity index (χ2v) is 6.47. The maximum atomic E-state index is 4.55. The van der Waals surface area contributed by atoms with Crippen LogP contribution in [0.15, 0.2) is 11.4 Å². The lowest BCUT2D eigenvalue weighted by atomic mass is 10.0. The Morgan fingerprint density at radius 2 is 2.05 bits per heavy atom. The SMILES string of the molecule is CC[C@H](N[C@H](C)c1sccc1C)c1c(C)nn(C)c1C. The van der Waals surface area contributed by atoms with Gasteiger partial charge in [-0.05, 0) is 51.1 Å². The molecule has 0 aliphatic carbocycles. The average Bonchev–Trinajstić information content (AvgIpc) is 2.92. The minimum absolute atomic E-state index is 0.361. The molecule has 4 heteroatoms. The summed E-state index contributed by atoms with van der Waals surface area (Å²) in [6.07, 6.45) is 1.07. The Kier molecular flexibility index (Phi) is 4.66. The van der Waals surface area contributed by atoms with Crippen molar-refractivity contribution in [2.75, 3.05) is 0 Å². The first-order chi connectivity index (χ1) is 9.45. The molecule has 0 unspecified atom stereocenters. The smallest absolute Gasteiger partial charge is 0.0644 e. The molecule has 0 aliphatic rings. The third kappa shape index (κ3) is 2.81. The number of nitrogens with one attached hydrogen (secondary N) is 1. The quantitative estimate of drug-likeness (QED) is 0.894. The van der Waals surface area contributed by atoms with Crippen LogP contribution in [-0.2, 0) is 7.05 Å². The summed E-state index contributed by atoms with van der Waals surface area (Å²) in [5.74, 6) is 0. The first-order valence-corrected chi connectivity index (χ1v) is 8.13. The van der Waals surface area contributed by atoms with Gasteiger partial charge in [0.1, 0.15) is 0 Å². The Morgan fingerprint density at radius 3 is 2.50 bits per heavy atom. The van der Waals surface area contributed by atoms with Crippen LogP contribution in [0.5, 0.6) is 0 Å². The zero-order chi connectivity index (χ0) is 14.9. The van der Waals surface area contributed by atoms with Gasteiger partial charge in [0.05, 0.1) is 5.69 Å². The van der Waals surface area contributed by atoms with E-state index in [4.69, 9.17) is 0 Å². The zero-order valence-electron chi connectivity index (χ0n) is 13.3. The number of hydrogen-bond donors (Lipinski definition) is 1. The fraction of sp³-hybridized carbons (Fsp3) is 0.562. The van der Waals surface area contributed by atoms with Gasteiger partial charge in [-0.25, -0.2) is 0 Å². The number of thiophene rings is 1. The summed E-state index contributed by atoms with van der Waals surface area (Å²) < 4.78 is 1.98. The van der Waals surface area contributed by atoms with Crippen molar-refractivity contribution in [3.8, 4) is 0 Å². The summed E-state index contributed by atoms with van der Waals surface area (Å²) in [5.41, 5.74) is 5.14. The zero-order valence-corrected chi connectivity index (χ0v) is 14.1. The van der Waals surface area contributed by atoms with Gasteiger partial charge in [-0.2, -0.15) is 5.10 Å². The molecule has 2 heterocycles. The molecule has 0 saturated carbocycles. The molecule has 2 aromatic rings.